The second kappa shape index (κ2) is 9.72. The number of rotatable bonds is 4. The Morgan fingerprint density at radius 2 is 2.11 bits per heavy atom. The Bertz CT molecular complexity index is 759. The molecule has 1 saturated heterocycles. The summed E-state index contributed by atoms with van der Waals surface area (Å²) < 4.78 is 2.19. The van der Waals surface area contributed by atoms with Gasteiger partial charge in [0, 0.05) is 44.6 Å². The van der Waals surface area contributed by atoms with Gasteiger partial charge in [0.05, 0.1) is 12.4 Å². The average Bonchev–Trinajstić information content (AvgIpc) is 3.18. The number of piperidine rings is 1. The summed E-state index contributed by atoms with van der Waals surface area (Å²) in [6.07, 6.45) is 6.85. The zero-order chi connectivity index (χ0) is 18.5. The van der Waals surface area contributed by atoms with E-state index in [2.05, 4.69) is 31.7 Å². The summed E-state index contributed by atoms with van der Waals surface area (Å²) in [6, 6.07) is 7.71. The molecule has 3 N–H and O–H groups in total. The fraction of sp³-hybridized carbons (Fsp3) is 0.421. The molecule has 27 heavy (non-hydrogen) atoms. The number of amides is 1. The lowest BCUT2D eigenvalue weighted by atomic mass is 9.93. The molecule has 0 spiro atoms. The number of hydrogen-bond donors (Lipinski definition) is 2. The molecule has 1 aliphatic rings. The van der Waals surface area contributed by atoms with Crippen LogP contribution in [-0.2, 0) is 6.54 Å². The predicted molar refractivity (Wildman–Crippen MR) is 117 cm³/mol. The normalized spacial score (nSPS) is 20.1. The number of nitrogens with zero attached hydrogens (tertiary/aromatic N) is 4. The molecule has 0 saturated carbocycles. The van der Waals surface area contributed by atoms with Gasteiger partial charge in [0.2, 0.25) is 5.91 Å². The number of hydrogen-bond acceptors (Lipinski definition) is 3. The third-order valence-corrected chi connectivity index (χ3v) is 5.03. The van der Waals surface area contributed by atoms with Crippen LogP contribution in [-0.4, -0.2) is 46.5 Å². The number of nitrogens with one attached hydrogen (secondary N) is 1. The summed E-state index contributed by atoms with van der Waals surface area (Å²) in [5.74, 6) is 1.08. The maximum atomic E-state index is 11.2. The molecule has 1 aliphatic heterocycles. The lowest BCUT2D eigenvalue weighted by Gasteiger charge is -2.39. The molecule has 2 aromatic rings. The Balaban J connectivity index is 0.00000261. The average molecular weight is 482 g/mol. The number of halogens is 1. The maximum Gasteiger partial charge on any atom is 0.248 e. The molecule has 8 heteroatoms. The molecule has 0 bridgehead atoms. The number of imidazole rings is 1. The monoisotopic (exact) mass is 482 g/mol. The molecule has 0 radical (unpaired) electrons. The first kappa shape index (κ1) is 21.2. The van der Waals surface area contributed by atoms with Crippen LogP contribution in [0.15, 0.2) is 48.0 Å². The first-order valence-electron chi connectivity index (χ1n) is 8.90. The smallest absolute Gasteiger partial charge is 0.248 e. The highest BCUT2D eigenvalue weighted by atomic mass is 127. The third kappa shape index (κ3) is 5.21. The molecule has 2 heterocycles. The van der Waals surface area contributed by atoms with E-state index in [0.29, 0.717) is 24.1 Å². The van der Waals surface area contributed by atoms with E-state index in [0.717, 1.165) is 31.0 Å². The van der Waals surface area contributed by atoms with Crippen molar-refractivity contribution in [2.45, 2.75) is 25.9 Å². The zero-order valence-electron chi connectivity index (χ0n) is 15.7. The highest BCUT2D eigenvalue weighted by molar-refractivity contribution is 14.0. The van der Waals surface area contributed by atoms with E-state index < -0.39 is 5.91 Å². The van der Waals surface area contributed by atoms with Gasteiger partial charge in [0.15, 0.2) is 5.96 Å². The first-order chi connectivity index (χ1) is 12.6. The second-order valence-corrected chi connectivity index (χ2v) is 6.75. The van der Waals surface area contributed by atoms with E-state index in [-0.39, 0.29) is 24.0 Å². The van der Waals surface area contributed by atoms with Crippen molar-refractivity contribution in [2.75, 3.05) is 20.1 Å². The van der Waals surface area contributed by atoms with E-state index in [9.17, 15) is 4.79 Å². The van der Waals surface area contributed by atoms with E-state index in [4.69, 9.17) is 5.73 Å². The van der Waals surface area contributed by atoms with Crippen LogP contribution in [0.5, 0.6) is 0 Å². The molecule has 2 atom stereocenters. The molecule has 7 nitrogen and oxygen atoms in total. The summed E-state index contributed by atoms with van der Waals surface area (Å²) in [5.41, 5.74) is 6.88. The van der Waals surface area contributed by atoms with Gasteiger partial charge in [0.25, 0.3) is 0 Å². The quantitative estimate of drug-likeness (QED) is 0.398. The Kier molecular flexibility index (Phi) is 7.64. The van der Waals surface area contributed by atoms with Crippen LogP contribution in [0.1, 0.15) is 35.3 Å². The maximum absolute atomic E-state index is 11.2. The van der Waals surface area contributed by atoms with Gasteiger partial charge < -0.3 is 20.5 Å². The summed E-state index contributed by atoms with van der Waals surface area (Å²) >= 11 is 0. The van der Waals surface area contributed by atoms with Crippen molar-refractivity contribution in [1.82, 2.24) is 19.8 Å². The molecule has 2 unspecified atom stereocenters. The number of guanidine groups is 1. The molecular weight excluding hydrogens is 455 g/mol. The minimum atomic E-state index is -0.409. The lowest BCUT2D eigenvalue weighted by molar-refractivity contribution is 0.100. The van der Waals surface area contributed by atoms with Crippen molar-refractivity contribution in [3.63, 3.8) is 0 Å². The van der Waals surface area contributed by atoms with Crippen LogP contribution in [0.2, 0.25) is 0 Å². The van der Waals surface area contributed by atoms with Gasteiger partial charge >= 0.3 is 0 Å². The standard InChI is InChI=1S/C19H26N6O.HI/c1-14-7-9-24(12-17(14)25-10-8-22-13-25)19(21-2)23-11-15-3-5-16(6-4-15)18(20)26;/h3-6,8,10,13-14,17H,7,9,11-12H2,1-2H3,(H2,20,26)(H,21,23);1H. The van der Waals surface area contributed by atoms with Crippen LogP contribution in [0.25, 0.3) is 0 Å². The number of primary amides is 1. The number of aliphatic imine (C=N–C) groups is 1. The zero-order valence-corrected chi connectivity index (χ0v) is 18.0. The van der Waals surface area contributed by atoms with Gasteiger partial charge in [-0.05, 0) is 30.0 Å². The molecule has 1 amide bonds. The molecule has 146 valence electrons. The Labute approximate surface area is 177 Å². The SMILES string of the molecule is CN=C(NCc1ccc(C(N)=O)cc1)N1CCC(C)C(n2ccnc2)C1.I. The minimum Gasteiger partial charge on any atom is -0.366 e. The second-order valence-electron chi connectivity index (χ2n) is 6.75. The molecule has 3 rings (SSSR count). The van der Waals surface area contributed by atoms with E-state index in [1.54, 1.807) is 12.1 Å². The van der Waals surface area contributed by atoms with Crippen molar-refractivity contribution < 1.29 is 4.79 Å². The molecule has 1 aromatic heterocycles. The van der Waals surface area contributed by atoms with Gasteiger partial charge in [-0.25, -0.2) is 4.98 Å². The Morgan fingerprint density at radius 3 is 2.70 bits per heavy atom. The number of carbonyl (C=O) groups is 1. The molecule has 0 aliphatic carbocycles. The van der Waals surface area contributed by atoms with Crippen molar-refractivity contribution in [2.24, 2.45) is 16.6 Å². The number of likely N-dealkylation sites (tertiary alicyclic amines) is 1. The van der Waals surface area contributed by atoms with E-state index in [1.165, 1.54) is 0 Å². The van der Waals surface area contributed by atoms with Crippen molar-refractivity contribution in [3.8, 4) is 0 Å². The number of benzene rings is 1. The topological polar surface area (TPSA) is 88.5 Å². The predicted octanol–water partition coefficient (Wildman–Crippen LogP) is 2.26. The van der Waals surface area contributed by atoms with Crippen LogP contribution >= 0.6 is 24.0 Å². The molecular formula is C19H27IN6O. The first-order valence-corrected chi connectivity index (χ1v) is 8.90. The largest absolute Gasteiger partial charge is 0.366 e. The highest BCUT2D eigenvalue weighted by Crippen LogP contribution is 2.27. The minimum absolute atomic E-state index is 0. The number of aromatic nitrogens is 2. The molecule has 1 aromatic carbocycles. The van der Waals surface area contributed by atoms with Crippen molar-refractivity contribution in [3.05, 3.63) is 54.1 Å². The van der Waals surface area contributed by atoms with Crippen LogP contribution in [0.4, 0.5) is 0 Å². The fourth-order valence-electron chi connectivity index (χ4n) is 3.40. The van der Waals surface area contributed by atoms with Crippen LogP contribution in [0, 0.1) is 5.92 Å². The van der Waals surface area contributed by atoms with Gasteiger partial charge in [-0.2, -0.15) is 0 Å². The summed E-state index contributed by atoms with van der Waals surface area (Å²) in [5, 5.41) is 3.42. The van der Waals surface area contributed by atoms with Gasteiger partial charge in [-0.1, -0.05) is 19.1 Å². The summed E-state index contributed by atoms with van der Waals surface area (Å²) in [4.78, 5) is 22.1. The summed E-state index contributed by atoms with van der Waals surface area (Å²) in [7, 11) is 1.81. The third-order valence-electron chi connectivity index (χ3n) is 5.03. The van der Waals surface area contributed by atoms with Gasteiger partial charge in [-0.15, -0.1) is 24.0 Å². The van der Waals surface area contributed by atoms with Crippen LogP contribution < -0.4 is 11.1 Å². The highest BCUT2D eigenvalue weighted by Gasteiger charge is 2.28. The summed E-state index contributed by atoms with van der Waals surface area (Å²) in [6.45, 7) is 4.82. The fourth-order valence-corrected chi connectivity index (χ4v) is 3.40. The Hall–Kier alpha value is -2.10. The molecule has 1 fully saturated rings. The van der Waals surface area contributed by atoms with Gasteiger partial charge in [0.1, 0.15) is 0 Å². The lowest BCUT2D eigenvalue weighted by Crippen LogP contribution is -2.48. The van der Waals surface area contributed by atoms with E-state index >= 15 is 0 Å². The van der Waals surface area contributed by atoms with E-state index in [1.807, 2.05) is 37.9 Å². The van der Waals surface area contributed by atoms with Crippen molar-refractivity contribution in [1.29, 1.82) is 0 Å². The van der Waals surface area contributed by atoms with Crippen LogP contribution in [0.3, 0.4) is 0 Å². The van der Waals surface area contributed by atoms with Crippen molar-refractivity contribution >= 4 is 35.8 Å². The van der Waals surface area contributed by atoms with Gasteiger partial charge in [-0.3, -0.25) is 9.79 Å². The number of carbonyl (C=O) groups excluding carboxylic acids is 1. The Morgan fingerprint density at radius 1 is 1.37 bits per heavy atom. The number of nitrogens with two attached hydrogens (primary N) is 1.